The second-order valence-electron chi connectivity index (χ2n) is 4.16. The Morgan fingerprint density at radius 2 is 1.55 bits per heavy atom. The van der Waals surface area contributed by atoms with Crippen LogP contribution in [-0.4, -0.2) is 21.9 Å². The van der Waals surface area contributed by atoms with Crippen LogP contribution in [0, 0.1) is 5.92 Å². The minimum atomic E-state index is -0.555. The van der Waals surface area contributed by atoms with Crippen LogP contribution in [0.3, 0.4) is 0 Å². The van der Waals surface area contributed by atoms with E-state index in [9.17, 15) is 10.2 Å². The number of hydrogen-bond acceptors (Lipinski definition) is 2. The molecule has 1 fully saturated rings. The summed E-state index contributed by atoms with van der Waals surface area (Å²) in [5.74, 6) is 0.380. The van der Waals surface area contributed by atoms with Gasteiger partial charge in [0.25, 0.3) is 0 Å². The molecule has 0 amide bonds. The molecule has 0 atom stereocenters. The van der Waals surface area contributed by atoms with E-state index in [1.54, 1.807) is 0 Å². The molecule has 0 bridgehead atoms. The molecule has 0 aromatic carbocycles. The maximum atomic E-state index is 9.65. The van der Waals surface area contributed by atoms with Gasteiger partial charge >= 0.3 is 0 Å². The SMILES string of the molecule is CC(C)(O)[C@H]1CC[C@@H](O)CC1. The molecule has 0 spiro atoms. The molecule has 11 heavy (non-hydrogen) atoms. The average Bonchev–Trinajstić information content (AvgIpc) is 1.86. The van der Waals surface area contributed by atoms with E-state index in [-0.39, 0.29) is 6.10 Å². The lowest BCUT2D eigenvalue weighted by Gasteiger charge is -2.34. The number of aliphatic hydroxyl groups excluding tert-OH is 1. The summed E-state index contributed by atoms with van der Waals surface area (Å²) in [5.41, 5.74) is -0.555. The van der Waals surface area contributed by atoms with Gasteiger partial charge in [-0.3, -0.25) is 0 Å². The van der Waals surface area contributed by atoms with Gasteiger partial charge in [-0.15, -0.1) is 0 Å². The molecule has 1 aliphatic carbocycles. The number of aliphatic hydroxyl groups is 2. The third kappa shape index (κ3) is 2.46. The molecule has 0 aromatic heterocycles. The van der Waals surface area contributed by atoms with Crippen molar-refractivity contribution in [2.45, 2.75) is 51.2 Å². The summed E-state index contributed by atoms with van der Waals surface area (Å²) < 4.78 is 0. The van der Waals surface area contributed by atoms with Crippen molar-refractivity contribution in [1.29, 1.82) is 0 Å². The van der Waals surface area contributed by atoms with Gasteiger partial charge in [0.1, 0.15) is 0 Å². The van der Waals surface area contributed by atoms with Gasteiger partial charge in [0.15, 0.2) is 0 Å². The smallest absolute Gasteiger partial charge is 0.0619 e. The zero-order chi connectivity index (χ0) is 8.48. The lowest BCUT2D eigenvalue weighted by molar-refractivity contribution is -0.0188. The topological polar surface area (TPSA) is 40.5 Å². The summed E-state index contributed by atoms with van der Waals surface area (Å²) in [6.45, 7) is 3.71. The molecule has 2 heteroatoms. The Morgan fingerprint density at radius 3 is 1.91 bits per heavy atom. The van der Waals surface area contributed by atoms with E-state index in [1.807, 2.05) is 13.8 Å². The second-order valence-corrected chi connectivity index (χ2v) is 4.16. The van der Waals surface area contributed by atoms with Gasteiger partial charge in [0.2, 0.25) is 0 Å². The molecule has 2 N–H and O–H groups in total. The monoisotopic (exact) mass is 158 g/mol. The van der Waals surface area contributed by atoms with Gasteiger partial charge in [-0.2, -0.15) is 0 Å². The fraction of sp³-hybridized carbons (Fsp3) is 1.00. The standard InChI is InChI=1S/C9H18O2/c1-9(2,11)7-3-5-8(10)6-4-7/h7-8,10-11H,3-6H2,1-2H3/t7-,8+. The molecule has 0 unspecified atom stereocenters. The van der Waals surface area contributed by atoms with Crippen LogP contribution in [0.15, 0.2) is 0 Å². The second kappa shape index (κ2) is 3.11. The average molecular weight is 158 g/mol. The lowest BCUT2D eigenvalue weighted by atomic mass is 9.78. The third-order valence-electron chi connectivity index (χ3n) is 2.70. The van der Waals surface area contributed by atoms with E-state index in [2.05, 4.69) is 0 Å². The quantitative estimate of drug-likeness (QED) is 0.604. The van der Waals surface area contributed by atoms with Gasteiger partial charge in [0, 0.05) is 0 Å². The summed E-state index contributed by atoms with van der Waals surface area (Å²) in [6.07, 6.45) is 3.52. The molecule has 66 valence electrons. The summed E-state index contributed by atoms with van der Waals surface area (Å²) in [5, 5.41) is 18.9. The molecule has 1 saturated carbocycles. The van der Waals surface area contributed by atoms with E-state index in [4.69, 9.17) is 0 Å². The van der Waals surface area contributed by atoms with Crippen molar-refractivity contribution >= 4 is 0 Å². The van der Waals surface area contributed by atoms with Gasteiger partial charge < -0.3 is 10.2 Å². The van der Waals surface area contributed by atoms with Crippen LogP contribution in [0.1, 0.15) is 39.5 Å². The van der Waals surface area contributed by atoms with E-state index in [0.29, 0.717) is 5.92 Å². The lowest BCUT2D eigenvalue weighted by Crippen LogP contribution is -2.34. The molecule has 0 radical (unpaired) electrons. The molecular weight excluding hydrogens is 140 g/mol. The van der Waals surface area contributed by atoms with Crippen molar-refractivity contribution in [2.24, 2.45) is 5.92 Å². The highest BCUT2D eigenvalue weighted by molar-refractivity contribution is 4.82. The Kier molecular flexibility index (Phi) is 2.55. The van der Waals surface area contributed by atoms with Gasteiger partial charge in [-0.25, -0.2) is 0 Å². The highest BCUT2D eigenvalue weighted by Crippen LogP contribution is 2.32. The Hall–Kier alpha value is -0.0800. The first-order valence-electron chi connectivity index (χ1n) is 4.40. The third-order valence-corrected chi connectivity index (χ3v) is 2.70. The summed E-state index contributed by atoms with van der Waals surface area (Å²) in [6, 6.07) is 0. The Labute approximate surface area is 68.2 Å². The van der Waals surface area contributed by atoms with Crippen molar-refractivity contribution in [1.82, 2.24) is 0 Å². The van der Waals surface area contributed by atoms with E-state index < -0.39 is 5.60 Å². The van der Waals surface area contributed by atoms with E-state index in [1.165, 1.54) is 0 Å². The van der Waals surface area contributed by atoms with E-state index >= 15 is 0 Å². The molecule has 0 aliphatic heterocycles. The van der Waals surface area contributed by atoms with Crippen LogP contribution >= 0.6 is 0 Å². The molecule has 1 aliphatic rings. The van der Waals surface area contributed by atoms with Crippen LogP contribution < -0.4 is 0 Å². The Bertz CT molecular complexity index is 118. The fourth-order valence-corrected chi connectivity index (χ4v) is 1.78. The van der Waals surface area contributed by atoms with Crippen molar-refractivity contribution in [3.63, 3.8) is 0 Å². The highest BCUT2D eigenvalue weighted by Gasteiger charge is 2.30. The van der Waals surface area contributed by atoms with Crippen LogP contribution in [0.5, 0.6) is 0 Å². The van der Waals surface area contributed by atoms with Crippen molar-refractivity contribution in [3.05, 3.63) is 0 Å². The molecule has 2 nitrogen and oxygen atoms in total. The Morgan fingerprint density at radius 1 is 1.09 bits per heavy atom. The largest absolute Gasteiger partial charge is 0.393 e. The van der Waals surface area contributed by atoms with E-state index in [0.717, 1.165) is 25.7 Å². The first-order valence-corrected chi connectivity index (χ1v) is 4.40. The first-order chi connectivity index (χ1) is 5.00. The minimum Gasteiger partial charge on any atom is -0.393 e. The van der Waals surface area contributed by atoms with Gasteiger partial charge in [-0.05, 0) is 45.4 Å². The van der Waals surface area contributed by atoms with Gasteiger partial charge in [0.05, 0.1) is 11.7 Å². The summed E-state index contributed by atoms with van der Waals surface area (Å²) in [7, 11) is 0. The van der Waals surface area contributed by atoms with Crippen molar-refractivity contribution in [2.75, 3.05) is 0 Å². The van der Waals surface area contributed by atoms with Crippen LogP contribution in [0.25, 0.3) is 0 Å². The van der Waals surface area contributed by atoms with Crippen molar-refractivity contribution in [3.8, 4) is 0 Å². The van der Waals surface area contributed by atoms with Crippen molar-refractivity contribution < 1.29 is 10.2 Å². The molecule has 0 aromatic rings. The predicted octanol–water partition coefficient (Wildman–Crippen LogP) is 1.31. The molecule has 1 rings (SSSR count). The highest BCUT2D eigenvalue weighted by atomic mass is 16.3. The maximum Gasteiger partial charge on any atom is 0.0619 e. The number of hydrogen-bond donors (Lipinski definition) is 2. The molecule has 0 saturated heterocycles. The molecular formula is C9H18O2. The Balaban J connectivity index is 2.39. The van der Waals surface area contributed by atoms with Gasteiger partial charge in [-0.1, -0.05) is 0 Å². The maximum absolute atomic E-state index is 9.65. The first kappa shape index (κ1) is 9.01. The zero-order valence-corrected chi connectivity index (χ0v) is 7.38. The van der Waals surface area contributed by atoms with Crippen LogP contribution in [0.2, 0.25) is 0 Å². The predicted molar refractivity (Wildman–Crippen MR) is 44.3 cm³/mol. The summed E-state index contributed by atoms with van der Waals surface area (Å²) >= 11 is 0. The fourth-order valence-electron chi connectivity index (χ4n) is 1.78. The normalized spacial score (nSPS) is 33.8. The summed E-state index contributed by atoms with van der Waals surface area (Å²) in [4.78, 5) is 0. The zero-order valence-electron chi connectivity index (χ0n) is 7.38. The van der Waals surface area contributed by atoms with Crippen LogP contribution in [-0.2, 0) is 0 Å². The number of rotatable bonds is 1. The molecule has 0 heterocycles. The minimum absolute atomic E-state index is 0.117. The van der Waals surface area contributed by atoms with Crippen LogP contribution in [0.4, 0.5) is 0 Å².